The minimum atomic E-state index is -0.859. The van der Waals surface area contributed by atoms with E-state index in [1.54, 1.807) is 18.2 Å². The minimum Gasteiger partial charge on any atom is -0.495 e. The van der Waals surface area contributed by atoms with Crippen molar-refractivity contribution in [1.82, 2.24) is 10.7 Å². The number of hydrogen-bond acceptors (Lipinski definition) is 4. The first kappa shape index (κ1) is 15.7. The quantitative estimate of drug-likeness (QED) is 0.369. The van der Waals surface area contributed by atoms with Crippen molar-refractivity contribution < 1.29 is 14.3 Å². The van der Waals surface area contributed by atoms with Gasteiger partial charge in [0.1, 0.15) is 5.75 Å². The molecule has 0 aliphatic rings. The Hall–Kier alpha value is -2.34. The molecular formula is C13H14ClN3O3. The molecule has 106 valence electrons. The summed E-state index contributed by atoms with van der Waals surface area (Å²) in [5, 5.41) is 6.40. The summed E-state index contributed by atoms with van der Waals surface area (Å²) in [7, 11) is 1.51. The molecule has 0 bridgehead atoms. The highest BCUT2D eigenvalue weighted by molar-refractivity contribution is 6.35. The number of carbonyl (C=O) groups excluding carboxylic acids is 2. The summed E-state index contributed by atoms with van der Waals surface area (Å²) in [6, 6.07) is 4.99. The number of methoxy groups -OCH3 is 1. The summed E-state index contributed by atoms with van der Waals surface area (Å²) in [4.78, 5) is 22.5. The van der Waals surface area contributed by atoms with E-state index in [0.29, 0.717) is 16.3 Å². The van der Waals surface area contributed by atoms with Gasteiger partial charge in [0, 0.05) is 6.54 Å². The van der Waals surface area contributed by atoms with Gasteiger partial charge in [-0.2, -0.15) is 5.10 Å². The Bertz CT molecular complexity index is 544. The number of benzene rings is 1. The van der Waals surface area contributed by atoms with Gasteiger partial charge in [0.05, 0.1) is 18.3 Å². The molecule has 1 aromatic carbocycles. The predicted octanol–water partition coefficient (Wildman–Crippen LogP) is 1.10. The predicted molar refractivity (Wildman–Crippen MR) is 76.9 cm³/mol. The lowest BCUT2D eigenvalue weighted by Crippen LogP contribution is -2.37. The third kappa shape index (κ3) is 4.74. The molecule has 0 saturated heterocycles. The number of amides is 2. The van der Waals surface area contributed by atoms with Crippen LogP contribution in [-0.2, 0) is 9.59 Å². The standard InChI is InChI=1S/C13H14ClN3O3/c1-3-6-15-12(18)13(19)17-16-8-9-4-5-11(20-2)10(14)7-9/h3-5,7-8H,1,6H2,2H3,(H,15,18)(H,17,19)/b16-8-. The number of rotatable bonds is 5. The molecule has 0 atom stereocenters. The number of halogens is 1. The average Bonchev–Trinajstić information content (AvgIpc) is 2.44. The minimum absolute atomic E-state index is 0.212. The van der Waals surface area contributed by atoms with Crippen molar-refractivity contribution in [3.05, 3.63) is 41.4 Å². The average molecular weight is 296 g/mol. The van der Waals surface area contributed by atoms with Crippen LogP contribution in [0.1, 0.15) is 5.56 Å². The zero-order valence-electron chi connectivity index (χ0n) is 10.9. The number of hydrazone groups is 1. The van der Waals surface area contributed by atoms with Crippen molar-refractivity contribution in [3.63, 3.8) is 0 Å². The summed E-state index contributed by atoms with van der Waals surface area (Å²) >= 11 is 5.93. The smallest absolute Gasteiger partial charge is 0.329 e. The van der Waals surface area contributed by atoms with E-state index in [4.69, 9.17) is 16.3 Å². The number of hydrogen-bond donors (Lipinski definition) is 2. The molecular weight excluding hydrogens is 282 g/mol. The van der Waals surface area contributed by atoms with Crippen LogP contribution in [0.3, 0.4) is 0 Å². The van der Waals surface area contributed by atoms with E-state index in [9.17, 15) is 9.59 Å². The Morgan fingerprint density at radius 2 is 2.20 bits per heavy atom. The summed E-state index contributed by atoms with van der Waals surface area (Å²) in [6.07, 6.45) is 2.83. The highest BCUT2D eigenvalue weighted by Gasteiger charge is 2.10. The van der Waals surface area contributed by atoms with E-state index < -0.39 is 11.8 Å². The largest absolute Gasteiger partial charge is 0.495 e. The van der Waals surface area contributed by atoms with Gasteiger partial charge in [-0.15, -0.1) is 6.58 Å². The summed E-state index contributed by atoms with van der Waals surface area (Å²) < 4.78 is 5.00. The first-order valence-corrected chi connectivity index (χ1v) is 6.02. The van der Waals surface area contributed by atoms with Crippen molar-refractivity contribution in [2.45, 2.75) is 0 Å². The van der Waals surface area contributed by atoms with E-state index in [2.05, 4.69) is 22.4 Å². The molecule has 2 amide bonds. The fraction of sp³-hybridized carbons (Fsp3) is 0.154. The molecule has 0 aromatic heterocycles. The van der Waals surface area contributed by atoms with Gasteiger partial charge < -0.3 is 10.1 Å². The Labute approximate surface area is 121 Å². The first-order valence-electron chi connectivity index (χ1n) is 5.64. The van der Waals surface area contributed by atoms with Crippen LogP contribution in [0.25, 0.3) is 0 Å². The van der Waals surface area contributed by atoms with Crippen LogP contribution in [-0.4, -0.2) is 31.7 Å². The van der Waals surface area contributed by atoms with Crippen LogP contribution in [0.2, 0.25) is 5.02 Å². The summed E-state index contributed by atoms with van der Waals surface area (Å²) in [6.45, 7) is 3.63. The van der Waals surface area contributed by atoms with Crippen LogP contribution in [0.4, 0.5) is 0 Å². The molecule has 0 radical (unpaired) electrons. The van der Waals surface area contributed by atoms with Gasteiger partial charge in [-0.3, -0.25) is 9.59 Å². The Balaban J connectivity index is 2.56. The SMILES string of the molecule is C=CCNC(=O)C(=O)N/N=C\c1ccc(OC)c(Cl)c1. The fourth-order valence-electron chi connectivity index (χ4n) is 1.22. The number of carbonyl (C=O) groups is 2. The van der Waals surface area contributed by atoms with Gasteiger partial charge in [-0.1, -0.05) is 17.7 Å². The highest BCUT2D eigenvalue weighted by atomic mass is 35.5. The van der Waals surface area contributed by atoms with Gasteiger partial charge in [-0.05, 0) is 23.8 Å². The second-order valence-electron chi connectivity index (χ2n) is 3.59. The molecule has 7 heteroatoms. The Morgan fingerprint density at radius 3 is 2.80 bits per heavy atom. The van der Waals surface area contributed by atoms with Gasteiger partial charge in [0.25, 0.3) is 0 Å². The number of nitrogens with zero attached hydrogens (tertiary/aromatic N) is 1. The summed E-state index contributed by atoms with van der Waals surface area (Å²) in [5.41, 5.74) is 2.75. The molecule has 0 aliphatic carbocycles. The van der Waals surface area contributed by atoms with Gasteiger partial charge in [-0.25, -0.2) is 5.43 Å². The van der Waals surface area contributed by atoms with E-state index in [-0.39, 0.29) is 6.54 Å². The normalized spacial score (nSPS) is 10.1. The molecule has 20 heavy (non-hydrogen) atoms. The molecule has 6 nitrogen and oxygen atoms in total. The molecule has 1 rings (SSSR count). The van der Waals surface area contributed by atoms with Gasteiger partial charge in [0.2, 0.25) is 0 Å². The monoisotopic (exact) mass is 295 g/mol. The zero-order valence-corrected chi connectivity index (χ0v) is 11.6. The molecule has 0 unspecified atom stereocenters. The van der Waals surface area contributed by atoms with Crippen molar-refractivity contribution >= 4 is 29.6 Å². The number of nitrogens with one attached hydrogen (secondary N) is 2. The van der Waals surface area contributed by atoms with Crippen molar-refractivity contribution in [2.24, 2.45) is 5.10 Å². The molecule has 0 saturated carbocycles. The maximum atomic E-state index is 11.3. The lowest BCUT2D eigenvalue weighted by Gasteiger charge is -2.03. The zero-order chi connectivity index (χ0) is 15.0. The fourth-order valence-corrected chi connectivity index (χ4v) is 1.49. The van der Waals surface area contributed by atoms with E-state index in [0.717, 1.165) is 0 Å². The van der Waals surface area contributed by atoms with E-state index in [1.807, 2.05) is 0 Å². The third-order valence-electron chi connectivity index (χ3n) is 2.17. The lowest BCUT2D eigenvalue weighted by atomic mass is 10.2. The van der Waals surface area contributed by atoms with Crippen molar-refractivity contribution in [3.8, 4) is 5.75 Å². The Morgan fingerprint density at radius 1 is 1.45 bits per heavy atom. The van der Waals surface area contributed by atoms with Crippen LogP contribution >= 0.6 is 11.6 Å². The second kappa shape index (κ2) is 7.96. The maximum Gasteiger partial charge on any atom is 0.329 e. The van der Waals surface area contributed by atoms with Crippen LogP contribution < -0.4 is 15.5 Å². The van der Waals surface area contributed by atoms with Crippen molar-refractivity contribution in [2.75, 3.05) is 13.7 Å². The van der Waals surface area contributed by atoms with Crippen molar-refractivity contribution in [1.29, 1.82) is 0 Å². The number of ether oxygens (including phenoxy) is 1. The molecule has 0 spiro atoms. The maximum absolute atomic E-state index is 11.3. The van der Waals surface area contributed by atoms with Gasteiger partial charge >= 0.3 is 11.8 Å². The molecule has 0 aliphatic heterocycles. The van der Waals surface area contributed by atoms with Crippen LogP contribution in [0.5, 0.6) is 5.75 Å². The third-order valence-corrected chi connectivity index (χ3v) is 2.46. The molecule has 0 heterocycles. The lowest BCUT2D eigenvalue weighted by molar-refractivity contribution is -0.139. The van der Waals surface area contributed by atoms with Crippen LogP contribution in [0.15, 0.2) is 36.0 Å². The molecule has 1 aromatic rings. The Kier molecular flexibility index (Phi) is 6.25. The van der Waals surface area contributed by atoms with E-state index in [1.165, 1.54) is 19.4 Å². The summed E-state index contributed by atoms with van der Waals surface area (Å²) in [5.74, 6) is -1.10. The second-order valence-corrected chi connectivity index (χ2v) is 4.00. The molecule has 2 N–H and O–H groups in total. The highest BCUT2D eigenvalue weighted by Crippen LogP contribution is 2.24. The topological polar surface area (TPSA) is 79.8 Å². The van der Waals surface area contributed by atoms with E-state index >= 15 is 0 Å². The van der Waals surface area contributed by atoms with Crippen LogP contribution in [0, 0.1) is 0 Å². The first-order chi connectivity index (χ1) is 9.58. The molecule has 0 fully saturated rings. The van der Waals surface area contributed by atoms with Gasteiger partial charge in [0.15, 0.2) is 0 Å².